The van der Waals surface area contributed by atoms with E-state index in [0.29, 0.717) is 5.71 Å². The molecule has 0 unspecified atom stereocenters. The van der Waals surface area contributed by atoms with E-state index in [4.69, 9.17) is 9.52 Å². The zero-order chi connectivity index (χ0) is 11.3. The molecule has 0 atom stereocenters. The first-order valence-corrected chi connectivity index (χ1v) is 5.39. The number of fused-ring (bicyclic) bond motifs is 3. The van der Waals surface area contributed by atoms with E-state index in [9.17, 15) is 4.79 Å². The van der Waals surface area contributed by atoms with Crippen molar-refractivity contribution in [2.24, 2.45) is 0 Å². The highest BCUT2D eigenvalue weighted by Gasteiger charge is 2.14. The maximum atomic E-state index is 10.8. The highest BCUT2D eigenvalue weighted by Crippen LogP contribution is 2.33. The minimum Gasteiger partial charge on any atom is -0.477 e. The number of hydrogen-bond acceptors (Lipinski definition) is 2. The molecule has 0 aliphatic carbocycles. The van der Waals surface area contributed by atoms with Crippen LogP contribution in [-0.4, -0.2) is 16.1 Å². The number of furan rings is 1. The first-order valence-electron chi connectivity index (χ1n) is 4.60. The maximum Gasteiger partial charge on any atom is 0.352 e. The third kappa shape index (κ3) is 1.18. The maximum absolute atomic E-state index is 10.8. The Labute approximate surface area is 98.0 Å². The predicted molar refractivity (Wildman–Crippen MR) is 62.7 cm³/mol. The van der Waals surface area contributed by atoms with E-state index in [1.807, 2.05) is 18.2 Å². The second kappa shape index (κ2) is 3.12. The molecule has 0 spiro atoms. The van der Waals surface area contributed by atoms with E-state index >= 15 is 0 Å². The molecule has 2 aromatic heterocycles. The summed E-state index contributed by atoms with van der Waals surface area (Å²) in [5.41, 5.74) is 1.34. The molecule has 0 amide bonds. The normalized spacial score (nSPS) is 11.3. The van der Waals surface area contributed by atoms with Crippen LogP contribution in [-0.2, 0) is 0 Å². The fourth-order valence-electron chi connectivity index (χ4n) is 1.76. The Hall–Kier alpha value is -1.75. The van der Waals surface area contributed by atoms with Crippen molar-refractivity contribution in [1.82, 2.24) is 4.98 Å². The van der Waals surface area contributed by atoms with Gasteiger partial charge in [-0.15, -0.1) is 0 Å². The monoisotopic (exact) mass is 279 g/mol. The van der Waals surface area contributed by atoms with Crippen molar-refractivity contribution in [2.75, 3.05) is 0 Å². The fraction of sp³-hybridized carbons (Fsp3) is 0. The summed E-state index contributed by atoms with van der Waals surface area (Å²) in [6.45, 7) is 0. The van der Waals surface area contributed by atoms with Gasteiger partial charge in [0.25, 0.3) is 0 Å². The van der Waals surface area contributed by atoms with Gasteiger partial charge >= 0.3 is 5.97 Å². The number of aromatic carboxylic acids is 1. The molecule has 16 heavy (non-hydrogen) atoms. The largest absolute Gasteiger partial charge is 0.477 e. The van der Waals surface area contributed by atoms with Crippen LogP contribution in [0.15, 0.2) is 33.2 Å². The summed E-state index contributed by atoms with van der Waals surface area (Å²) < 4.78 is 6.40. The molecule has 0 fully saturated rings. The number of aromatic nitrogens is 1. The first-order chi connectivity index (χ1) is 7.66. The number of hydrogen-bond donors (Lipinski definition) is 2. The molecule has 4 nitrogen and oxygen atoms in total. The summed E-state index contributed by atoms with van der Waals surface area (Å²) in [7, 11) is 0. The minimum atomic E-state index is -0.991. The van der Waals surface area contributed by atoms with Crippen LogP contribution in [0, 0.1) is 0 Å². The zero-order valence-electron chi connectivity index (χ0n) is 7.95. The van der Waals surface area contributed by atoms with Gasteiger partial charge in [-0.05, 0) is 28.1 Å². The van der Waals surface area contributed by atoms with Crippen LogP contribution in [0.2, 0.25) is 0 Å². The number of para-hydroxylation sites is 1. The van der Waals surface area contributed by atoms with Crippen LogP contribution in [0.4, 0.5) is 0 Å². The Morgan fingerprint density at radius 3 is 2.94 bits per heavy atom. The van der Waals surface area contributed by atoms with Gasteiger partial charge in [0.1, 0.15) is 5.69 Å². The second-order valence-corrected chi connectivity index (χ2v) is 4.30. The van der Waals surface area contributed by atoms with Crippen molar-refractivity contribution in [2.45, 2.75) is 0 Å². The number of benzene rings is 1. The van der Waals surface area contributed by atoms with Crippen LogP contribution in [0.1, 0.15) is 10.5 Å². The lowest BCUT2D eigenvalue weighted by Gasteiger charge is -1.91. The summed E-state index contributed by atoms with van der Waals surface area (Å²) in [6, 6.07) is 7.24. The zero-order valence-corrected chi connectivity index (χ0v) is 9.54. The summed E-state index contributed by atoms with van der Waals surface area (Å²) in [5.74, 6) is -0.991. The average Bonchev–Trinajstić information content (AvgIpc) is 2.76. The third-order valence-corrected chi connectivity index (χ3v) is 3.10. The molecule has 0 aliphatic heterocycles. The van der Waals surface area contributed by atoms with Crippen molar-refractivity contribution in [3.8, 4) is 0 Å². The lowest BCUT2D eigenvalue weighted by atomic mass is 10.2. The molecular weight excluding hydrogens is 274 g/mol. The van der Waals surface area contributed by atoms with E-state index in [1.54, 1.807) is 6.07 Å². The minimum absolute atomic E-state index is 0.135. The Bertz CT molecular complexity index is 710. The van der Waals surface area contributed by atoms with Crippen LogP contribution < -0.4 is 0 Å². The summed E-state index contributed by atoms with van der Waals surface area (Å²) in [5, 5.41) is 10.5. The van der Waals surface area contributed by atoms with Gasteiger partial charge in [-0.2, -0.15) is 0 Å². The third-order valence-electron chi connectivity index (χ3n) is 2.47. The highest BCUT2D eigenvalue weighted by molar-refractivity contribution is 9.10. The lowest BCUT2D eigenvalue weighted by molar-refractivity contribution is 0.0691. The number of H-pyrrole nitrogens is 1. The Kier molecular flexibility index (Phi) is 1.85. The molecule has 2 N–H and O–H groups in total. The molecule has 80 valence electrons. The number of carboxylic acid groups (broad SMARTS) is 1. The van der Waals surface area contributed by atoms with Crippen molar-refractivity contribution in [1.29, 1.82) is 0 Å². The topological polar surface area (TPSA) is 66.2 Å². The van der Waals surface area contributed by atoms with E-state index < -0.39 is 5.97 Å². The van der Waals surface area contributed by atoms with Crippen molar-refractivity contribution in [3.63, 3.8) is 0 Å². The van der Waals surface area contributed by atoms with Crippen molar-refractivity contribution >= 4 is 44.0 Å². The Morgan fingerprint density at radius 2 is 2.19 bits per heavy atom. The number of rotatable bonds is 1. The summed E-state index contributed by atoms with van der Waals surface area (Å²) in [4.78, 5) is 13.5. The summed E-state index contributed by atoms with van der Waals surface area (Å²) in [6.07, 6.45) is 0. The van der Waals surface area contributed by atoms with Crippen molar-refractivity contribution < 1.29 is 14.3 Å². The Morgan fingerprint density at radius 1 is 1.38 bits per heavy atom. The molecule has 3 aromatic rings. The number of aromatic amines is 1. The number of carboxylic acids is 1. The second-order valence-electron chi connectivity index (χ2n) is 3.45. The van der Waals surface area contributed by atoms with E-state index in [0.717, 1.165) is 20.8 Å². The van der Waals surface area contributed by atoms with E-state index in [2.05, 4.69) is 20.9 Å². The molecule has 0 aliphatic rings. The molecule has 2 heterocycles. The Balaban J connectivity index is 2.43. The molecular formula is C11H6BrNO3. The van der Waals surface area contributed by atoms with Crippen LogP contribution in [0.3, 0.4) is 0 Å². The molecule has 5 heteroatoms. The van der Waals surface area contributed by atoms with Gasteiger partial charge in [0.2, 0.25) is 5.71 Å². The van der Waals surface area contributed by atoms with Crippen molar-refractivity contribution in [3.05, 3.63) is 34.4 Å². The molecule has 0 bridgehead atoms. The van der Waals surface area contributed by atoms with Crippen LogP contribution in [0.25, 0.3) is 22.1 Å². The van der Waals surface area contributed by atoms with Gasteiger partial charge in [-0.3, -0.25) is 0 Å². The standard InChI is InChI=1S/C11H6BrNO3/c12-7-3-1-2-5-6-4-8(11(14)15)13-10(6)16-9(5)7/h1-4,13H,(H,14,15). The average molecular weight is 280 g/mol. The van der Waals surface area contributed by atoms with Gasteiger partial charge in [-0.1, -0.05) is 12.1 Å². The first kappa shape index (κ1) is 9.47. The molecule has 0 radical (unpaired) electrons. The SMILES string of the molecule is O=C(O)c1cc2c([nH]1)oc1c(Br)cccc12. The van der Waals surface area contributed by atoms with Gasteiger partial charge in [0.05, 0.1) is 4.47 Å². The quantitative estimate of drug-likeness (QED) is 0.718. The molecule has 1 aromatic carbocycles. The number of nitrogens with one attached hydrogen (secondary N) is 1. The molecule has 3 rings (SSSR count). The summed E-state index contributed by atoms with van der Waals surface area (Å²) >= 11 is 3.38. The molecule has 0 saturated heterocycles. The fourth-order valence-corrected chi connectivity index (χ4v) is 2.21. The van der Waals surface area contributed by atoms with Crippen LogP contribution >= 0.6 is 15.9 Å². The van der Waals surface area contributed by atoms with Gasteiger partial charge in [0, 0.05) is 10.8 Å². The predicted octanol–water partition coefficient (Wildman–Crippen LogP) is 3.37. The van der Waals surface area contributed by atoms with E-state index in [1.165, 1.54) is 0 Å². The number of carbonyl (C=O) groups is 1. The van der Waals surface area contributed by atoms with Gasteiger partial charge in [-0.25, -0.2) is 4.79 Å². The molecule has 0 saturated carbocycles. The van der Waals surface area contributed by atoms with E-state index in [-0.39, 0.29) is 5.69 Å². The van der Waals surface area contributed by atoms with Crippen LogP contribution in [0.5, 0.6) is 0 Å². The highest BCUT2D eigenvalue weighted by atomic mass is 79.9. The lowest BCUT2D eigenvalue weighted by Crippen LogP contribution is -1.94. The number of halogens is 1. The van der Waals surface area contributed by atoms with Gasteiger partial charge < -0.3 is 14.5 Å². The van der Waals surface area contributed by atoms with Gasteiger partial charge in [0.15, 0.2) is 5.58 Å². The smallest absolute Gasteiger partial charge is 0.352 e.